The summed E-state index contributed by atoms with van der Waals surface area (Å²) < 4.78 is 55.6. The number of halogens is 3. The molecule has 0 aliphatic heterocycles. The summed E-state index contributed by atoms with van der Waals surface area (Å²) in [5.41, 5.74) is -4.79. The fourth-order valence-corrected chi connectivity index (χ4v) is 1.33. The lowest BCUT2D eigenvalue weighted by molar-refractivity contribution is -0.0438. The Morgan fingerprint density at radius 1 is 1.35 bits per heavy atom. The molecule has 1 unspecified atom stereocenters. The highest BCUT2D eigenvalue weighted by atomic mass is 32.2. The number of alkyl halides is 3. The molecule has 0 heterocycles. The summed E-state index contributed by atoms with van der Waals surface area (Å²) in [4.78, 5) is 0. The van der Waals surface area contributed by atoms with Crippen LogP contribution in [0.3, 0.4) is 0 Å². The molecule has 0 amide bonds. The molecular weight excluding hydrogens is 259 g/mol. The number of nitriles is 1. The zero-order valence-electron chi connectivity index (χ0n) is 8.45. The molecule has 92 valence electrons. The zero-order chi connectivity index (χ0) is 13.1. The van der Waals surface area contributed by atoms with E-state index in [1.54, 1.807) is 6.07 Å². The van der Waals surface area contributed by atoms with Crippen molar-refractivity contribution >= 4 is 11.1 Å². The zero-order valence-corrected chi connectivity index (χ0v) is 9.26. The molecule has 8 heteroatoms. The Labute approximate surface area is 97.2 Å². The van der Waals surface area contributed by atoms with Gasteiger partial charge in [0.1, 0.15) is 0 Å². The molecule has 4 nitrogen and oxygen atoms in total. The van der Waals surface area contributed by atoms with Crippen molar-refractivity contribution in [3.63, 3.8) is 0 Å². The normalized spacial score (nSPS) is 12.6. The quantitative estimate of drug-likeness (QED) is 0.840. The lowest BCUT2D eigenvalue weighted by Crippen LogP contribution is -2.21. The second-order valence-corrected chi connectivity index (χ2v) is 3.84. The highest BCUT2D eigenvalue weighted by Gasteiger charge is 2.40. The van der Waals surface area contributed by atoms with Gasteiger partial charge < -0.3 is 8.92 Å². The van der Waals surface area contributed by atoms with Crippen LogP contribution in [0.15, 0.2) is 18.2 Å². The van der Waals surface area contributed by atoms with Crippen molar-refractivity contribution in [2.75, 3.05) is 7.11 Å². The number of hydrogen-bond donors (Lipinski definition) is 0. The second kappa shape index (κ2) is 5.05. The van der Waals surface area contributed by atoms with Gasteiger partial charge in [-0.25, -0.2) is 4.21 Å². The minimum Gasteiger partial charge on any atom is -0.493 e. The van der Waals surface area contributed by atoms with Crippen LogP contribution in [0.1, 0.15) is 5.56 Å². The standard InChI is InChI=1S/C9H6F3NO3S/c1-15-8-4-6(5-13)2-3-7(8)16-17(14)9(10,11)12/h2-4H,1H3. The van der Waals surface area contributed by atoms with Gasteiger partial charge in [0.2, 0.25) is 0 Å². The van der Waals surface area contributed by atoms with E-state index in [1.165, 1.54) is 19.2 Å². The van der Waals surface area contributed by atoms with Gasteiger partial charge >= 0.3 is 16.6 Å². The maximum Gasteiger partial charge on any atom is 0.508 e. The maximum atomic E-state index is 12.0. The molecule has 0 aliphatic carbocycles. The summed E-state index contributed by atoms with van der Waals surface area (Å²) in [5.74, 6) is -0.441. The molecule has 0 aliphatic rings. The third kappa shape index (κ3) is 3.35. The van der Waals surface area contributed by atoms with Gasteiger partial charge in [0.05, 0.1) is 18.7 Å². The summed E-state index contributed by atoms with van der Waals surface area (Å²) in [6, 6.07) is 5.27. The monoisotopic (exact) mass is 265 g/mol. The first kappa shape index (κ1) is 13.3. The summed E-state index contributed by atoms with van der Waals surface area (Å²) >= 11 is -3.47. The van der Waals surface area contributed by atoms with E-state index in [-0.39, 0.29) is 17.1 Å². The van der Waals surface area contributed by atoms with E-state index in [9.17, 15) is 17.4 Å². The average Bonchev–Trinajstić information content (AvgIpc) is 2.28. The van der Waals surface area contributed by atoms with Crippen molar-refractivity contribution in [3.05, 3.63) is 23.8 Å². The predicted octanol–water partition coefficient (Wildman–Crippen LogP) is 2.13. The van der Waals surface area contributed by atoms with Crippen molar-refractivity contribution in [2.45, 2.75) is 5.51 Å². The molecule has 1 rings (SSSR count). The van der Waals surface area contributed by atoms with Gasteiger partial charge in [0, 0.05) is 6.07 Å². The van der Waals surface area contributed by atoms with E-state index in [4.69, 9.17) is 10.00 Å². The molecule has 1 aromatic carbocycles. The second-order valence-electron chi connectivity index (χ2n) is 2.74. The predicted molar refractivity (Wildman–Crippen MR) is 52.5 cm³/mol. The molecule has 1 atom stereocenters. The van der Waals surface area contributed by atoms with Gasteiger partial charge in [0.25, 0.3) is 0 Å². The topological polar surface area (TPSA) is 59.3 Å². The number of benzene rings is 1. The minimum atomic E-state index is -4.97. The molecule has 0 fully saturated rings. The number of hydrogen-bond acceptors (Lipinski definition) is 4. The fourth-order valence-electron chi connectivity index (χ4n) is 0.935. The van der Waals surface area contributed by atoms with Crippen LogP contribution in [-0.4, -0.2) is 16.8 Å². The van der Waals surface area contributed by atoms with Crippen LogP contribution in [0, 0.1) is 11.3 Å². The average molecular weight is 265 g/mol. The van der Waals surface area contributed by atoms with Crippen molar-refractivity contribution in [1.29, 1.82) is 5.26 Å². The Morgan fingerprint density at radius 3 is 2.47 bits per heavy atom. The van der Waals surface area contributed by atoms with Gasteiger partial charge in [-0.15, -0.1) is 0 Å². The van der Waals surface area contributed by atoms with Crippen LogP contribution in [-0.2, 0) is 11.1 Å². The van der Waals surface area contributed by atoms with Crippen LogP contribution in [0.25, 0.3) is 0 Å². The van der Waals surface area contributed by atoms with E-state index in [0.717, 1.165) is 6.07 Å². The first-order valence-electron chi connectivity index (χ1n) is 4.13. The molecule has 0 N–H and O–H groups in total. The minimum absolute atomic E-state index is 0.0957. The summed E-state index contributed by atoms with van der Waals surface area (Å²) in [6.07, 6.45) is 0. The largest absolute Gasteiger partial charge is 0.508 e. The molecule has 1 aromatic rings. The van der Waals surface area contributed by atoms with Crippen LogP contribution in [0.2, 0.25) is 0 Å². The van der Waals surface area contributed by atoms with Crippen LogP contribution < -0.4 is 8.92 Å². The van der Waals surface area contributed by atoms with Gasteiger partial charge in [-0.1, -0.05) is 0 Å². The molecule has 0 spiro atoms. The number of ether oxygens (including phenoxy) is 1. The van der Waals surface area contributed by atoms with Gasteiger partial charge in [-0.3, -0.25) is 0 Å². The Balaban J connectivity index is 3.00. The molecular formula is C9H6F3NO3S. The lowest BCUT2D eigenvalue weighted by atomic mass is 10.2. The summed E-state index contributed by atoms with van der Waals surface area (Å²) in [6.45, 7) is 0. The van der Waals surface area contributed by atoms with Crippen LogP contribution in [0.4, 0.5) is 13.2 Å². The number of nitrogens with zero attached hydrogens (tertiary/aromatic N) is 1. The van der Waals surface area contributed by atoms with E-state index >= 15 is 0 Å². The number of rotatable bonds is 3. The van der Waals surface area contributed by atoms with Crippen molar-refractivity contribution in [3.8, 4) is 17.6 Å². The highest BCUT2D eigenvalue weighted by Crippen LogP contribution is 2.31. The first-order chi connectivity index (χ1) is 7.88. The molecule has 17 heavy (non-hydrogen) atoms. The fraction of sp³-hybridized carbons (Fsp3) is 0.222. The Hall–Kier alpha value is -1.75. The van der Waals surface area contributed by atoms with E-state index in [1.807, 2.05) is 0 Å². The molecule has 0 radical (unpaired) electrons. The molecule has 0 saturated heterocycles. The van der Waals surface area contributed by atoms with Gasteiger partial charge in [-0.05, 0) is 12.1 Å². The highest BCUT2D eigenvalue weighted by molar-refractivity contribution is 7.81. The first-order valence-corrected chi connectivity index (χ1v) is 5.21. The van der Waals surface area contributed by atoms with E-state index in [2.05, 4.69) is 4.18 Å². The smallest absolute Gasteiger partial charge is 0.493 e. The summed E-state index contributed by atoms with van der Waals surface area (Å²) in [5, 5.41) is 8.57. The molecule has 0 saturated carbocycles. The Kier molecular flexibility index (Phi) is 3.96. The van der Waals surface area contributed by atoms with Crippen molar-refractivity contribution < 1.29 is 26.3 Å². The third-order valence-corrected chi connectivity index (χ3v) is 2.36. The summed E-state index contributed by atoms with van der Waals surface area (Å²) in [7, 11) is 1.19. The van der Waals surface area contributed by atoms with Crippen LogP contribution >= 0.6 is 0 Å². The number of methoxy groups -OCH3 is 1. The van der Waals surface area contributed by atoms with Gasteiger partial charge in [-0.2, -0.15) is 18.4 Å². The SMILES string of the molecule is COc1cc(C#N)ccc1OS(=O)C(F)(F)F. The molecule has 0 aromatic heterocycles. The Bertz CT molecular complexity index is 481. The van der Waals surface area contributed by atoms with E-state index < -0.39 is 16.6 Å². The van der Waals surface area contributed by atoms with Crippen LogP contribution in [0.5, 0.6) is 11.5 Å². The Morgan fingerprint density at radius 2 is 2.00 bits per heavy atom. The molecule has 0 bridgehead atoms. The van der Waals surface area contributed by atoms with Crippen molar-refractivity contribution in [2.24, 2.45) is 0 Å². The van der Waals surface area contributed by atoms with Gasteiger partial charge in [0.15, 0.2) is 11.5 Å². The third-order valence-electron chi connectivity index (χ3n) is 1.65. The maximum absolute atomic E-state index is 12.0. The lowest BCUT2D eigenvalue weighted by Gasteiger charge is -2.10. The van der Waals surface area contributed by atoms with Crippen molar-refractivity contribution in [1.82, 2.24) is 0 Å². The van der Waals surface area contributed by atoms with E-state index in [0.29, 0.717) is 0 Å².